The highest BCUT2D eigenvalue weighted by molar-refractivity contribution is 6.23. The molecule has 0 spiro atoms. The van der Waals surface area contributed by atoms with Crippen molar-refractivity contribution in [1.29, 1.82) is 0 Å². The van der Waals surface area contributed by atoms with Crippen molar-refractivity contribution < 1.29 is 43.0 Å². The van der Waals surface area contributed by atoms with Crippen molar-refractivity contribution in [3.8, 4) is 0 Å². The van der Waals surface area contributed by atoms with Gasteiger partial charge < -0.3 is 0 Å². The summed E-state index contributed by atoms with van der Waals surface area (Å²) in [6.45, 7) is 0. The number of pyridine rings is 1. The lowest BCUT2D eigenvalue weighted by atomic mass is 9.63. The van der Waals surface area contributed by atoms with Gasteiger partial charge in [0.05, 0.1) is 38.7 Å². The van der Waals surface area contributed by atoms with Gasteiger partial charge in [0.2, 0.25) is 11.8 Å². The highest BCUT2D eigenvalue weighted by atomic mass is 35.7. The van der Waals surface area contributed by atoms with Gasteiger partial charge in [0.1, 0.15) is 11.6 Å². The van der Waals surface area contributed by atoms with Gasteiger partial charge in [-0.15, -0.1) is 10.2 Å². The van der Waals surface area contributed by atoms with Crippen molar-refractivity contribution in [2.24, 2.45) is 11.8 Å². The average molecular weight is 511 g/mol. The molecule has 0 saturated carbocycles. The summed E-state index contributed by atoms with van der Waals surface area (Å²) in [6.07, 6.45) is 2.05. The van der Waals surface area contributed by atoms with Gasteiger partial charge in [-0.1, -0.05) is 30.3 Å². The SMILES string of the molecule is C[N+](C)(C)c1ccc(N2C(=O)C3C4c5ccccc5C(C3C2=O)[n+]2ccccc24)cc1.[O-][Cl+3]([O-])([O-])[O-]. The van der Waals surface area contributed by atoms with E-state index in [0.717, 1.165) is 11.4 Å². The molecule has 2 aromatic carbocycles. The number of hydrogen-bond acceptors (Lipinski definition) is 6. The highest BCUT2D eigenvalue weighted by Crippen LogP contribution is 2.55. The Bertz CT molecular complexity index is 1230. The van der Waals surface area contributed by atoms with Crippen molar-refractivity contribution in [2.75, 3.05) is 26.0 Å². The lowest BCUT2D eigenvalue weighted by molar-refractivity contribution is -2.00. The van der Waals surface area contributed by atoms with Crippen molar-refractivity contribution in [2.45, 2.75) is 12.0 Å². The number of nitrogens with zero attached hydrogens (tertiary/aromatic N) is 3. The van der Waals surface area contributed by atoms with Gasteiger partial charge in [0, 0.05) is 29.8 Å². The Labute approximate surface area is 210 Å². The summed E-state index contributed by atoms with van der Waals surface area (Å²) in [5.74, 6) is -0.982. The zero-order valence-corrected chi connectivity index (χ0v) is 20.7. The predicted octanol–water partition coefficient (Wildman–Crippen LogP) is -1.73. The van der Waals surface area contributed by atoms with Gasteiger partial charge in [-0.25, -0.2) is 23.5 Å². The minimum atomic E-state index is -4.94. The van der Waals surface area contributed by atoms with Gasteiger partial charge in [-0.3, -0.25) is 14.1 Å². The van der Waals surface area contributed by atoms with Crippen molar-refractivity contribution in [3.05, 3.63) is 89.7 Å². The Morgan fingerprint density at radius 2 is 1.33 bits per heavy atom. The molecule has 1 fully saturated rings. The molecule has 4 unspecified atom stereocenters. The number of rotatable bonds is 2. The van der Waals surface area contributed by atoms with Crippen LogP contribution >= 0.6 is 0 Å². The molecule has 1 aliphatic carbocycles. The molecule has 4 aliphatic rings. The van der Waals surface area contributed by atoms with Crippen LogP contribution in [0.3, 0.4) is 0 Å². The first-order chi connectivity index (χ1) is 16.9. The lowest BCUT2D eigenvalue weighted by Gasteiger charge is -2.40. The van der Waals surface area contributed by atoms with E-state index in [1.807, 2.05) is 48.5 Å². The van der Waals surface area contributed by atoms with Crippen molar-refractivity contribution in [3.63, 3.8) is 0 Å². The maximum atomic E-state index is 13.7. The molecule has 10 heteroatoms. The fourth-order valence-electron chi connectivity index (χ4n) is 5.80. The van der Waals surface area contributed by atoms with Crippen LogP contribution in [0.2, 0.25) is 0 Å². The molecule has 36 heavy (non-hydrogen) atoms. The molecule has 1 saturated heterocycles. The van der Waals surface area contributed by atoms with E-state index in [9.17, 15) is 9.59 Å². The van der Waals surface area contributed by atoms with Gasteiger partial charge in [-0.05, 0) is 17.7 Å². The normalized spacial score (nSPS) is 24.0. The van der Waals surface area contributed by atoms with Crippen LogP contribution in [0.1, 0.15) is 28.8 Å². The average Bonchev–Trinajstić information content (AvgIpc) is 3.08. The van der Waals surface area contributed by atoms with Crippen LogP contribution in [-0.2, 0) is 9.59 Å². The van der Waals surface area contributed by atoms with Crippen LogP contribution in [0, 0.1) is 22.1 Å². The van der Waals surface area contributed by atoms with Crippen LogP contribution in [0.4, 0.5) is 11.4 Å². The third-order valence-electron chi connectivity index (χ3n) is 7.17. The number of amides is 2. The Morgan fingerprint density at radius 3 is 1.94 bits per heavy atom. The summed E-state index contributed by atoms with van der Waals surface area (Å²) in [5, 5.41) is 0. The molecule has 2 bridgehead atoms. The summed E-state index contributed by atoms with van der Waals surface area (Å²) >= 11 is 0. The fourth-order valence-corrected chi connectivity index (χ4v) is 5.80. The van der Waals surface area contributed by atoms with E-state index in [1.165, 1.54) is 16.0 Å². The summed E-state index contributed by atoms with van der Waals surface area (Å²) in [4.78, 5) is 28.9. The van der Waals surface area contributed by atoms with E-state index in [2.05, 4.69) is 50.1 Å². The fraction of sp³-hybridized carbons (Fsp3) is 0.269. The Kier molecular flexibility index (Phi) is 5.75. The van der Waals surface area contributed by atoms with Gasteiger partial charge in [0.25, 0.3) is 0 Å². The summed E-state index contributed by atoms with van der Waals surface area (Å²) in [5.41, 5.74) is 5.26. The number of benzene rings is 2. The molecule has 3 aromatic rings. The first kappa shape index (κ1) is 24.5. The van der Waals surface area contributed by atoms with Crippen LogP contribution in [0.5, 0.6) is 0 Å². The van der Waals surface area contributed by atoms with E-state index in [1.54, 1.807) is 0 Å². The molecular formula is C26H25ClN3O6+. The maximum Gasteiger partial charge on any atom is 0.244 e. The molecule has 0 radical (unpaired) electrons. The van der Waals surface area contributed by atoms with E-state index in [-0.39, 0.29) is 35.6 Å². The van der Waals surface area contributed by atoms with E-state index in [0.29, 0.717) is 10.2 Å². The van der Waals surface area contributed by atoms with Crippen LogP contribution in [0.25, 0.3) is 0 Å². The number of halogens is 1. The monoisotopic (exact) mass is 510 g/mol. The van der Waals surface area contributed by atoms with E-state index >= 15 is 0 Å². The van der Waals surface area contributed by atoms with Crippen LogP contribution in [-0.4, -0.2) is 33.0 Å². The number of aromatic nitrogens is 1. The second kappa shape index (κ2) is 8.45. The first-order valence-corrected chi connectivity index (χ1v) is 12.6. The largest absolute Gasteiger partial charge is 0.298 e. The topological polar surface area (TPSA) is 134 Å². The van der Waals surface area contributed by atoms with Crippen LogP contribution < -0.4 is 32.6 Å². The number of quaternary nitrogens is 1. The van der Waals surface area contributed by atoms with Gasteiger partial charge in [-0.2, -0.15) is 4.57 Å². The molecule has 186 valence electrons. The van der Waals surface area contributed by atoms with Crippen molar-refractivity contribution in [1.82, 2.24) is 4.48 Å². The summed E-state index contributed by atoms with van der Waals surface area (Å²) < 4.78 is 36.9. The molecule has 2 amide bonds. The molecule has 7 rings (SSSR count). The maximum absolute atomic E-state index is 13.7. The van der Waals surface area contributed by atoms with Crippen molar-refractivity contribution >= 4 is 23.2 Å². The quantitative estimate of drug-likeness (QED) is 0.228. The molecule has 1 aromatic heterocycles. The molecule has 4 atom stereocenters. The third kappa shape index (κ3) is 4.00. The first-order valence-electron chi connectivity index (χ1n) is 11.4. The lowest BCUT2D eigenvalue weighted by Crippen LogP contribution is -2.68. The summed E-state index contributed by atoms with van der Waals surface area (Å²) in [6, 6.07) is 22.1. The number of carbonyl (C=O) groups excluding carboxylic acids is 2. The molecule has 0 N–H and O–H groups in total. The zero-order valence-electron chi connectivity index (χ0n) is 19.9. The number of imide groups is 1. The number of carbonyl (C=O) groups is 2. The zero-order chi connectivity index (χ0) is 26.0. The minimum Gasteiger partial charge on any atom is -0.298 e. The van der Waals surface area contributed by atoms with Gasteiger partial charge >= 0.3 is 0 Å². The third-order valence-corrected chi connectivity index (χ3v) is 7.17. The Morgan fingerprint density at radius 1 is 0.778 bits per heavy atom. The Balaban J connectivity index is 0.000000489. The van der Waals surface area contributed by atoms with E-state index in [4.69, 9.17) is 18.6 Å². The highest BCUT2D eigenvalue weighted by Gasteiger charge is 2.66. The van der Waals surface area contributed by atoms with Crippen LogP contribution in [0.15, 0.2) is 72.9 Å². The van der Waals surface area contributed by atoms with E-state index < -0.39 is 10.2 Å². The number of anilines is 1. The minimum absolute atomic E-state index is 0.0763. The second-order valence-electron chi connectivity index (χ2n) is 10.1. The predicted molar refractivity (Wildman–Crippen MR) is 119 cm³/mol. The smallest absolute Gasteiger partial charge is 0.244 e. The molecule has 3 aliphatic heterocycles. The standard InChI is InChI=1S/C26H25N3O2.ClHO4/c1-29(2,3)17-13-11-16(12-14-17)28-25(30)22-21-18-8-4-5-9-19(18)24(23(22)26(28)31)27-15-7-6-10-20(21)27;2-1(3,4)5/h4-15,21-24H,1-3H3;(H,2,3,4,5)/q+2;/p-1. The van der Waals surface area contributed by atoms with Gasteiger partial charge in [0.15, 0.2) is 17.9 Å². The second-order valence-corrected chi connectivity index (χ2v) is 10.8. The summed E-state index contributed by atoms with van der Waals surface area (Å²) in [7, 11) is 1.34. The molecule has 9 nitrogen and oxygen atoms in total. The molecule has 4 heterocycles. The Hall–Kier alpha value is -3.18. The number of hydrogen-bond donors (Lipinski definition) is 0. The molecular weight excluding hydrogens is 486 g/mol.